The fraction of sp³-hybridized carbons (Fsp3) is 0.411. The van der Waals surface area contributed by atoms with Crippen molar-refractivity contribution in [3.05, 3.63) is 100 Å². The molecular formula is C56H63ClF2N10O6S. The van der Waals surface area contributed by atoms with Crippen LogP contribution in [-0.4, -0.2) is 137 Å². The van der Waals surface area contributed by atoms with E-state index < -0.39 is 35.0 Å². The van der Waals surface area contributed by atoms with Crippen LogP contribution in [0.1, 0.15) is 69.3 Å². The third-order valence-corrected chi connectivity index (χ3v) is 16.2. The fourth-order valence-corrected chi connectivity index (χ4v) is 11.8. The van der Waals surface area contributed by atoms with Crippen LogP contribution in [0.25, 0.3) is 44.1 Å². The average Bonchev–Trinajstić information content (AvgIpc) is 4.14. The lowest BCUT2D eigenvalue weighted by Gasteiger charge is -2.35. The number of carbonyl (C=O) groups is 4. The minimum absolute atomic E-state index is 0.0101. The Morgan fingerprint density at radius 2 is 1.70 bits per heavy atom. The van der Waals surface area contributed by atoms with Crippen molar-refractivity contribution in [1.82, 2.24) is 40.3 Å². The number of aromatic hydroxyl groups is 1. The molecule has 9 rings (SSSR count). The minimum Gasteiger partial charge on any atom is -0.507 e. The number of anilines is 2. The maximum Gasteiger partial charge on any atom is 0.246 e. The summed E-state index contributed by atoms with van der Waals surface area (Å²) in [6.45, 7) is 7.96. The molecule has 76 heavy (non-hydrogen) atoms. The Balaban J connectivity index is 0.849. The SMILES string of the molecule is C=CC(=O)N1CCN(c2nc(NCCC(=O)N(C)CCOc3ccc(-c4csc([C@@H]5CCCN5C(=O)[C@@H](NC(=O)[C@H](C)NC)C5CCCCC5)n4)c4ccccc34)nc3c(F)c(-c4c(O)cccc4F)c(Cl)cc23)CC1. The highest BCUT2D eigenvalue weighted by Gasteiger charge is 2.40. The molecular weight excluding hydrogens is 1010 g/mol. The van der Waals surface area contributed by atoms with E-state index in [1.807, 2.05) is 51.6 Å². The van der Waals surface area contributed by atoms with E-state index in [1.165, 1.54) is 24.3 Å². The van der Waals surface area contributed by atoms with E-state index in [4.69, 9.17) is 26.3 Å². The number of hydrogen-bond donors (Lipinski definition) is 4. The maximum atomic E-state index is 16.6. The molecule has 0 bridgehead atoms. The summed E-state index contributed by atoms with van der Waals surface area (Å²) in [6.07, 6.45) is 8.01. The highest BCUT2D eigenvalue weighted by Crippen LogP contribution is 2.44. The number of halogens is 3. The van der Waals surface area contributed by atoms with Crippen molar-refractivity contribution in [2.24, 2.45) is 5.92 Å². The van der Waals surface area contributed by atoms with Gasteiger partial charge in [0.05, 0.1) is 34.9 Å². The summed E-state index contributed by atoms with van der Waals surface area (Å²) in [5.41, 5.74) is 0.783. The number of thiazole rings is 1. The number of phenols is 1. The van der Waals surface area contributed by atoms with Crippen molar-refractivity contribution in [2.75, 3.05) is 76.7 Å². The topological polar surface area (TPSA) is 185 Å². The number of phenolic OH excluding ortho intramolecular Hbond substituents is 1. The van der Waals surface area contributed by atoms with Crippen LogP contribution in [0.5, 0.6) is 11.5 Å². The highest BCUT2D eigenvalue weighted by atomic mass is 35.5. The Hall–Kier alpha value is -6.96. The van der Waals surface area contributed by atoms with Gasteiger partial charge in [0, 0.05) is 80.0 Å². The minimum atomic E-state index is -0.964. The van der Waals surface area contributed by atoms with E-state index in [-0.39, 0.29) is 89.1 Å². The average molecular weight is 1080 g/mol. The lowest BCUT2D eigenvalue weighted by Crippen LogP contribution is -2.55. The van der Waals surface area contributed by atoms with Crippen molar-refractivity contribution < 1.29 is 37.8 Å². The molecule has 1 aliphatic carbocycles. The summed E-state index contributed by atoms with van der Waals surface area (Å²) in [5.74, 6) is -1.86. The summed E-state index contributed by atoms with van der Waals surface area (Å²) >= 11 is 8.17. The monoisotopic (exact) mass is 1080 g/mol. The van der Waals surface area contributed by atoms with Crippen LogP contribution >= 0.6 is 22.9 Å². The van der Waals surface area contributed by atoms with Crippen LogP contribution in [0.3, 0.4) is 0 Å². The van der Waals surface area contributed by atoms with Gasteiger partial charge < -0.3 is 45.4 Å². The summed E-state index contributed by atoms with van der Waals surface area (Å²) in [6, 6.07) is 15.7. The molecule has 16 nitrogen and oxygen atoms in total. The number of likely N-dealkylation sites (N-methyl/N-ethyl adjacent to an activating group) is 2. The molecule has 0 radical (unpaired) electrons. The Labute approximate surface area is 449 Å². The Kier molecular flexibility index (Phi) is 17.0. The standard InChI is InChI=1S/C56H63ClF2N10O6S/c1-5-45(71)67-25-27-68(28-26-67)52-38-31-39(57)47(48-40(58)17-11-19-43(48)70)49(59)51(38)64-56(65-52)61-23-22-46(72)66(4)29-30-75-44-21-20-36(35-15-9-10-16-37(35)44)41-32-76-54(62-41)42-18-12-24-69(42)55(74)50(34-13-7-6-8-14-34)63-53(73)33(2)60-3/h5,9-11,15-17,19-21,31-34,42,50,60,70H,1,6-8,12-14,18,22-30H2,2-4H3,(H,63,73)(H,61,64,65)/t33-,42-,50-/m0/s1. The Bertz CT molecular complexity index is 3130. The Morgan fingerprint density at radius 3 is 2.43 bits per heavy atom. The predicted octanol–water partition coefficient (Wildman–Crippen LogP) is 8.72. The third-order valence-electron chi connectivity index (χ3n) is 14.9. The van der Waals surface area contributed by atoms with Crippen molar-refractivity contribution in [1.29, 1.82) is 0 Å². The molecule has 20 heteroatoms. The predicted molar refractivity (Wildman–Crippen MR) is 293 cm³/mol. The van der Waals surface area contributed by atoms with Crippen LogP contribution in [0, 0.1) is 17.6 Å². The molecule has 6 aromatic rings. The van der Waals surface area contributed by atoms with Gasteiger partial charge in [0.1, 0.15) is 46.3 Å². The molecule has 2 aromatic heterocycles. The van der Waals surface area contributed by atoms with Gasteiger partial charge in [-0.3, -0.25) is 19.2 Å². The molecule has 4 aromatic carbocycles. The number of piperazine rings is 1. The number of ether oxygens (including phenoxy) is 1. The van der Waals surface area contributed by atoms with Gasteiger partial charge in [0.15, 0.2) is 5.82 Å². The van der Waals surface area contributed by atoms with Gasteiger partial charge in [-0.15, -0.1) is 11.3 Å². The van der Waals surface area contributed by atoms with Gasteiger partial charge in [0.2, 0.25) is 29.6 Å². The first-order valence-electron chi connectivity index (χ1n) is 26.0. The lowest BCUT2D eigenvalue weighted by molar-refractivity contribution is -0.139. The van der Waals surface area contributed by atoms with Crippen LogP contribution in [-0.2, 0) is 19.2 Å². The van der Waals surface area contributed by atoms with Gasteiger partial charge in [-0.05, 0) is 87.4 Å². The second-order valence-corrected chi connectivity index (χ2v) is 20.9. The van der Waals surface area contributed by atoms with E-state index in [1.54, 1.807) is 42.2 Å². The third kappa shape index (κ3) is 11.4. The lowest BCUT2D eigenvalue weighted by atomic mass is 9.83. The molecule has 1 saturated carbocycles. The number of amides is 4. The van der Waals surface area contributed by atoms with Crippen LogP contribution in [0.2, 0.25) is 5.02 Å². The number of nitrogens with zero attached hydrogens (tertiary/aromatic N) is 7. The number of nitrogens with one attached hydrogen (secondary N) is 3. The summed E-state index contributed by atoms with van der Waals surface area (Å²) < 4.78 is 38.1. The molecule has 3 atom stereocenters. The molecule has 3 fully saturated rings. The quantitative estimate of drug-likeness (QED) is 0.0601. The molecule has 0 spiro atoms. The van der Waals surface area contributed by atoms with Gasteiger partial charge in [-0.1, -0.05) is 67.8 Å². The van der Waals surface area contributed by atoms with E-state index >= 15 is 8.78 Å². The first-order chi connectivity index (χ1) is 36.8. The number of benzene rings is 4. The van der Waals surface area contributed by atoms with Crippen LogP contribution < -0.4 is 25.6 Å². The zero-order chi connectivity index (χ0) is 53.6. The molecule has 0 unspecified atom stereocenters. The van der Waals surface area contributed by atoms with Crippen molar-refractivity contribution >= 4 is 80.0 Å². The summed E-state index contributed by atoms with van der Waals surface area (Å²) in [5, 5.41) is 24.6. The first kappa shape index (κ1) is 53.9. The molecule has 4 amide bonds. The van der Waals surface area contributed by atoms with Crippen molar-refractivity contribution in [3.8, 4) is 33.9 Å². The number of fused-ring (bicyclic) bond motifs is 2. The largest absolute Gasteiger partial charge is 0.507 e. The van der Waals surface area contributed by atoms with Crippen molar-refractivity contribution in [3.63, 3.8) is 0 Å². The van der Waals surface area contributed by atoms with Gasteiger partial charge in [0.25, 0.3) is 0 Å². The summed E-state index contributed by atoms with van der Waals surface area (Å²) in [4.78, 5) is 74.7. The summed E-state index contributed by atoms with van der Waals surface area (Å²) in [7, 11) is 3.42. The molecule has 3 aliphatic rings. The zero-order valence-corrected chi connectivity index (χ0v) is 44.5. The number of carbonyl (C=O) groups excluding carboxylic acids is 4. The molecule has 400 valence electrons. The number of likely N-dealkylation sites (tertiary alicyclic amines) is 1. The van der Waals surface area contributed by atoms with Crippen LogP contribution in [0.15, 0.2) is 78.7 Å². The highest BCUT2D eigenvalue weighted by molar-refractivity contribution is 7.10. The number of rotatable bonds is 18. The smallest absolute Gasteiger partial charge is 0.246 e. The first-order valence-corrected chi connectivity index (χ1v) is 27.2. The maximum absolute atomic E-state index is 16.6. The van der Waals surface area contributed by atoms with Gasteiger partial charge in [-0.2, -0.15) is 4.98 Å². The van der Waals surface area contributed by atoms with Gasteiger partial charge >= 0.3 is 0 Å². The van der Waals surface area contributed by atoms with Crippen LogP contribution in [0.4, 0.5) is 20.5 Å². The second kappa shape index (κ2) is 23.9. The molecule has 2 aliphatic heterocycles. The molecule has 4 N–H and O–H groups in total. The van der Waals surface area contributed by atoms with E-state index in [0.29, 0.717) is 44.3 Å². The Morgan fingerprint density at radius 1 is 0.934 bits per heavy atom. The zero-order valence-electron chi connectivity index (χ0n) is 42.9. The molecule has 2 saturated heterocycles. The second-order valence-electron chi connectivity index (χ2n) is 19.6. The van der Waals surface area contributed by atoms with Gasteiger partial charge in [-0.25, -0.2) is 18.7 Å². The normalized spacial score (nSPS) is 16.9. The van der Waals surface area contributed by atoms with E-state index in [2.05, 4.69) is 27.5 Å². The number of hydrogen-bond acceptors (Lipinski definition) is 13. The molecule has 4 heterocycles. The van der Waals surface area contributed by atoms with E-state index in [0.717, 1.165) is 78.0 Å². The fourth-order valence-electron chi connectivity index (χ4n) is 10.6. The number of aromatic nitrogens is 3. The van der Waals surface area contributed by atoms with E-state index in [9.17, 15) is 24.3 Å². The van der Waals surface area contributed by atoms with Crippen molar-refractivity contribution in [2.45, 2.75) is 76.4 Å².